The Labute approximate surface area is 274 Å². The lowest BCUT2D eigenvalue weighted by atomic mass is 9.95. The van der Waals surface area contributed by atoms with E-state index in [1.165, 1.54) is 13.3 Å². The maximum absolute atomic E-state index is 12.6. The van der Waals surface area contributed by atoms with Crippen molar-refractivity contribution in [2.24, 2.45) is 5.10 Å². The smallest absolute Gasteiger partial charge is 0.338 e. The number of esters is 1. The number of nitrogens with zero attached hydrogens (tertiary/aromatic N) is 1. The molecule has 0 unspecified atom stereocenters. The molecule has 0 saturated heterocycles. The SMILES string of the molecule is CCOC(=O)C1=C(C)NC(=O)N[C@H]1c1ccc(OCC(=O)N/N=C/c2cc(I)cc(OC)c2OCc2ccccc2)c(OC)c1. The Morgan fingerprint density at radius 1 is 1.00 bits per heavy atom. The van der Waals surface area contributed by atoms with E-state index in [2.05, 4.69) is 43.8 Å². The molecular weight excluding hydrogens is 695 g/mol. The van der Waals surface area contributed by atoms with Crippen LogP contribution in [0.1, 0.15) is 36.6 Å². The lowest BCUT2D eigenvalue weighted by Gasteiger charge is -2.28. The van der Waals surface area contributed by atoms with Crippen LogP contribution in [0.2, 0.25) is 0 Å². The molecule has 1 aliphatic heterocycles. The number of methoxy groups -OCH3 is 2. The van der Waals surface area contributed by atoms with E-state index in [4.69, 9.17) is 23.7 Å². The number of carbonyl (C=O) groups excluding carboxylic acids is 3. The van der Waals surface area contributed by atoms with Gasteiger partial charge in [-0.05, 0) is 71.8 Å². The predicted molar refractivity (Wildman–Crippen MR) is 174 cm³/mol. The number of urea groups is 1. The van der Waals surface area contributed by atoms with Gasteiger partial charge in [-0.1, -0.05) is 36.4 Å². The summed E-state index contributed by atoms with van der Waals surface area (Å²) in [6, 6.07) is 17.1. The van der Waals surface area contributed by atoms with Gasteiger partial charge in [-0.2, -0.15) is 5.10 Å². The van der Waals surface area contributed by atoms with Crippen LogP contribution in [-0.4, -0.2) is 51.6 Å². The molecule has 236 valence electrons. The van der Waals surface area contributed by atoms with Crippen molar-refractivity contribution in [2.75, 3.05) is 27.4 Å². The number of halogens is 1. The summed E-state index contributed by atoms with van der Waals surface area (Å²) < 4.78 is 28.8. The molecule has 1 atom stereocenters. The quantitative estimate of drug-likeness (QED) is 0.100. The molecule has 3 aromatic carbocycles. The van der Waals surface area contributed by atoms with E-state index < -0.39 is 23.9 Å². The molecule has 13 heteroatoms. The molecule has 0 aliphatic carbocycles. The number of rotatable bonds is 13. The van der Waals surface area contributed by atoms with E-state index in [1.54, 1.807) is 39.2 Å². The molecule has 0 saturated carbocycles. The van der Waals surface area contributed by atoms with Crippen molar-refractivity contribution in [1.82, 2.24) is 16.1 Å². The third kappa shape index (κ3) is 8.65. The van der Waals surface area contributed by atoms with E-state index in [0.717, 1.165) is 9.13 Å². The number of nitrogens with one attached hydrogen (secondary N) is 3. The van der Waals surface area contributed by atoms with E-state index in [-0.39, 0.29) is 24.5 Å². The first-order valence-electron chi connectivity index (χ1n) is 13.9. The highest BCUT2D eigenvalue weighted by Gasteiger charge is 2.32. The molecule has 3 N–H and O–H groups in total. The van der Waals surface area contributed by atoms with Gasteiger partial charge in [0.15, 0.2) is 29.6 Å². The number of allylic oxidation sites excluding steroid dienone is 1. The maximum atomic E-state index is 12.6. The topological polar surface area (TPSA) is 146 Å². The summed E-state index contributed by atoms with van der Waals surface area (Å²) in [7, 11) is 3.00. The summed E-state index contributed by atoms with van der Waals surface area (Å²) in [6.45, 7) is 3.47. The summed E-state index contributed by atoms with van der Waals surface area (Å²) in [5.74, 6) is 0.523. The van der Waals surface area contributed by atoms with Crippen LogP contribution in [0.4, 0.5) is 4.79 Å². The van der Waals surface area contributed by atoms with Crippen LogP contribution in [0.25, 0.3) is 0 Å². The molecule has 0 bridgehead atoms. The number of benzene rings is 3. The van der Waals surface area contributed by atoms with E-state index in [1.807, 2.05) is 42.5 Å². The van der Waals surface area contributed by atoms with Gasteiger partial charge in [-0.25, -0.2) is 15.0 Å². The molecule has 0 spiro atoms. The molecule has 0 radical (unpaired) electrons. The summed E-state index contributed by atoms with van der Waals surface area (Å²) >= 11 is 2.16. The van der Waals surface area contributed by atoms with Crippen molar-refractivity contribution in [3.8, 4) is 23.0 Å². The summed E-state index contributed by atoms with van der Waals surface area (Å²) in [5, 5.41) is 9.42. The predicted octanol–water partition coefficient (Wildman–Crippen LogP) is 4.61. The van der Waals surface area contributed by atoms with Gasteiger partial charge < -0.3 is 34.3 Å². The van der Waals surface area contributed by atoms with E-state index in [9.17, 15) is 14.4 Å². The number of hydrogen-bond donors (Lipinski definition) is 3. The number of ether oxygens (including phenoxy) is 5. The molecule has 3 aromatic rings. The van der Waals surface area contributed by atoms with Crippen molar-refractivity contribution in [2.45, 2.75) is 26.5 Å². The third-order valence-corrected chi connectivity index (χ3v) is 7.15. The van der Waals surface area contributed by atoms with Gasteiger partial charge in [-0.3, -0.25) is 4.79 Å². The normalized spacial score (nSPS) is 14.3. The van der Waals surface area contributed by atoms with Crippen molar-refractivity contribution >= 4 is 46.7 Å². The first kappa shape index (κ1) is 33.1. The van der Waals surface area contributed by atoms with Gasteiger partial charge >= 0.3 is 12.0 Å². The van der Waals surface area contributed by atoms with Gasteiger partial charge in [-0.15, -0.1) is 0 Å². The Morgan fingerprint density at radius 3 is 2.47 bits per heavy atom. The molecule has 0 fully saturated rings. The second-order valence-electron chi connectivity index (χ2n) is 9.58. The molecule has 0 aromatic heterocycles. The summed E-state index contributed by atoms with van der Waals surface area (Å²) in [4.78, 5) is 37.4. The van der Waals surface area contributed by atoms with Gasteiger partial charge in [0.2, 0.25) is 0 Å². The van der Waals surface area contributed by atoms with E-state index in [0.29, 0.717) is 40.7 Å². The fourth-order valence-corrected chi connectivity index (χ4v) is 5.09. The van der Waals surface area contributed by atoms with Crippen molar-refractivity contribution in [3.05, 3.63) is 92.2 Å². The minimum absolute atomic E-state index is 0.181. The van der Waals surface area contributed by atoms with Crippen LogP contribution < -0.4 is 35.0 Å². The average molecular weight is 729 g/mol. The Hall–Kier alpha value is -4.79. The largest absolute Gasteiger partial charge is 0.493 e. The summed E-state index contributed by atoms with van der Waals surface area (Å²) in [5.41, 5.74) is 5.27. The fourth-order valence-electron chi connectivity index (χ4n) is 4.48. The maximum Gasteiger partial charge on any atom is 0.338 e. The molecule has 4 rings (SSSR count). The van der Waals surface area contributed by atoms with E-state index >= 15 is 0 Å². The van der Waals surface area contributed by atoms with Crippen molar-refractivity contribution in [3.63, 3.8) is 0 Å². The van der Waals surface area contributed by atoms with Gasteiger partial charge in [0.25, 0.3) is 5.91 Å². The number of carbonyl (C=O) groups is 3. The Bertz CT molecular complexity index is 1610. The highest BCUT2D eigenvalue weighted by molar-refractivity contribution is 14.1. The van der Waals surface area contributed by atoms with Crippen LogP contribution >= 0.6 is 22.6 Å². The zero-order valence-corrected chi connectivity index (χ0v) is 27.3. The number of hydrogen-bond acceptors (Lipinski definition) is 9. The zero-order valence-electron chi connectivity index (χ0n) is 25.1. The lowest BCUT2D eigenvalue weighted by Crippen LogP contribution is -2.45. The van der Waals surface area contributed by atoms with Crippen molar-refractivity contribution in [1.29, 1.82) is 0 Å². The highest BCUT2D eigenvalue weighted by Crippen LogP contribution is 2.35. The Balaban J connectivity index is 1.43. The van der Waals surface area contributed by atoms with Crippen LogP contribution in [0.3, 0.4) is 0 Å². The lowest BCUT2D eigenvalue weighted by molar-refractivity contribution is -0.139. The minimum Gasteiger partial charge on any atom is -0.493 e. The molecule has 1 aliphatic rings. The standard InChI is InChI=1S/C32H33IN4O8/c1-5-43-31(39)28-19(2)35-32(40)36-29(28)21-11-12-24(25(14-21)41-3)44-18-27(38)37-34-16-22-13-23(33)15-26(42-4)30(22)45-17-20-9-7-6-8-10-20/h6-16,29H,5,17-18H2,1-4H3,(H,37,38)(H2,35,36,40)/b34-16+/t29-/m0/s1. The zero-order chi connectivity index (χ0) is 32.3. The number of amides is 3. The Kier molecular flexibility index (Phi) is 11.6. The first-order chi connectivity index (χ1) is 21.7. The van der Waals surface area contributed by atoms with Crippen LogP contribution in [0.5, 0.6) is 23.0 Å². The summed E-state index contributed by atoms with van der Waals surface area (Å²) in [6.07, 6.45) is 1.47. The highest BCUT2D eigenvalue weighted by atomic mass is 127. The molecular formula is C32H33IN4O8. The van der Waals surface area contributed by atoms with Gasteiger partial charge in [0.05, 0.1) is 38.7 Å². The second-order valence-corrected chi connectivity index (χ2v) is 10.8. The number of hydrazone groups is 1. The third-order valence-electron chi connectivity index (χ3n) is 6.53. The van der Waals surface area contributed by atoms with Gasteiger partial charge in [0.1, 0.15) is 6.61 Å². The first-order valence-corrected chi connectivity index (χ1v) is 14.9. The Morgan fingerprint density at radius 2 is 1.76 bits per heavy atom. The minimum atomic E-state index is -0.778. The molecule has 12 nitrogen and oxygen atoms in total. The fraction of sp³-hybridized carbons (Fsp3) is 0.250. The monoisotopic (exact) mass is 728 g/mol. The molecule has 1 heterocycles. The van der Waals surface area contributed by atoms with Crippen LogP contribution in [0.15, 0.2) is 77.0 Å². The average Bonchev–Trinajstić information content (AvgIpc) is 3.03. The van der Waals surface area contributed by atoms with Crippen LogP contribution in [-0.2, 0) is 20.9 Å². The van der Waals surface area contributed by atoms with Gasteiger partial charge in [0, 0.05) is 14.8 Å². The molecule has 3 amide bonds. The van der Waals surface area contributed by atoms with Crippen molar-refractivity contribution < 1.29 is 38.1 Å². The van der Waals surface area contributed by atoms with Crippen LogP contribution in [0, 0.1) is 3.57 Å². The molecule has 45 heavy (non-hydrogen) atoms. The second kappa shape index (κ2) is 15.8.